The molecule has 1 aromatic heterocycles. The Kier molecular flexibility index (Phi) is 10.2. The Morgan fingerprint density at radius 2 is 1.87 bits per heavy atom. The van der Waals surface area contributed by atoms with Gasteiger partial charge in [-0.3, -0.25) is 9.36 Å². The quantitative estimate of drug-likeness (QED) is 0.169. The van der Waals surface area contributed by atoms with Gasteiger partial charge in [0, 0.05) is 10.6 Å². The Morgan fingerprint density at radius 1 is 1.11 bits per heavy atom. The molecule has 1 atom stereocenters. The number of hydrogen-bond donors (Lipinski definition) is 1. The highest BCUT2D eigenvalue weighted by Gasteiger charge is 2.35. The first-order valence-electron chi connectivity index (χ1n) is 13.9. The molecule has 1 N–H and O–H groups in total. The van der Waals surface area contributed by atoms with Crippen LogP contribution < -0.4 is 29.1 Å². The van der Waals surface area contributed by atoms with Crippen LogP contribution >= 0.6 is 45.5 Å². The van der Waals surface area contributed by atoms with Crippen LogP contribution in [0.3, 0.4) is 0 Å². The summed E-state index contributed by atoms with van der Waals surface area (Å²) < 4.78 is 25.2. The van der Waals surface area contributed by atoms with Crippen molar-refractivity contribution in [2.75, 3.05) is 20.8 Å². The van der Waals surface area contributed by atoms with Gasteiger partial charge in [-0.2, -0.15) is 0 Å². The number of halogens is 2. The number of carboxylic acids is 1. The maximum atomic E-state index is 14.1. The number of hydrogen-bond acceptors (Lipinski definition) is 9. The van der Waals surface area contributed by atoms with E-state index in [-0.39, 0.29) is 29.9 Å². The van der Waals surface area contributed by atoms with E-state index in [0.717, 1.165) is 0 Å². The molecule has 0 amide bonds. The van der Waals surface area contributed by atoms with E-state index in [2.05, 4.69) is 27.6 Å². The maximum absolute atomic E-state index is 14.1. The number of aromatic nitrogens is 1. The molecule has 3 aromatic carbocycles. The van der Waals surface area contributed by atoms with E-state index < -0.39 is 18.0 Å². The van der Waals surface area contributed by atoms with E-state index in [1.54, 1.807) is 62.4 Å². The lowest BCUT2D eigenvalue weighted by Gasteiger charge is -2.26. The lowest BCUT2D eigenvalue weighted by Crippen LogP contribution is -2.40. The molecule has 0 spiro atoms. The first-order chi connectivity index (χ1) is 22.1. The number of esters is 1. The maximum Gasteiger partial charge on any atom is 0.338 e. The van der Waals surface area contributed by atoms with Gasteiger partial charge in [0.2, 0.25) is 0 Å². The van der Waals surface area contributed by atoms with Crippen LogP contribution in [0.5, 0.6) is 17.2 Å². The lowest BCUT2D eigenvalue weighted by molar-refractivity contribution is -0.139. The van der Waals surface area contributed by atoms with Crippen molar-refractivity contribution >= 4 is 63.5 Å². The smallest absolute Gasteiger partial charge is 0.338 e. The Hall–Kier alpha value is -4.14. The molecule has 1 aliphatic rings. The normalized spacial score (nSPS) is 14.4. The van der Waals surface area contributed by atoms with Crippen molar-refractivity contribution in [3.63, 3.8) is 0 Å². The average molecular weight is 775 g/mol. The Bertz CT molecular complexity index is 2070. The number of ether oxygens (including phenoxy) is 4. The van der Waals surface area contributed by atoms with E-state index in [1.165, 1.54) is 36.2 Å². The Balaban J connectivity index is 1.59. The molecule has 0 saturated heterocycles. The number of carboxylic acid groups (broad SMARTS) is 1. The number of methoxy groups -OCH3 is 2. The first kappa shape index (κ1) is 33.2. The number of allylic oxidation sites excluding steroid dienone is 1. The van der Waals surface area contributed by atoms with Crippen LogP contribution in [0.25, 0.3) is 6.08 Å². The van der Waals surface area contributed by atoms with Crippen molar-refractivity contribution in [1.82, 2.24) is 4.57 Å². The molecule has 1 aliphatic heterocycles. The summed E-state index contributed by atoms with van der Waals surface area (Å²) in [4.78, 5) is 43.7. The zero-order valence-corrected chi connectivity index (χ0v) is 28.9. The van der Waals surface area contributed by atoms with Gasteiger partial charge < -0.3 is 24.1 Å². The summed E-state index contributed by atoms with van der Waals surface area (Å²) in [5.41, 5.74) is 2.32. The third-order valence-corrected chi connectivity index (χ3v) is 9.13. The summed E-state index contributed by atoms with van der Waals surface area (Å²) in [6.45, 7) is 3.69. The van der Waals surface area contributed by atoms with Crippen molar-refractivity contribution < 1.29 is 33.6 Å². The van der Waals surface area contributed by atoms with E-state index >= 15 is 0 Å². The fraction of sp³-hybridized carbons (Fsp3) is 0.212. The van der Waals surface area contributed by atoms with E-state index in [9.17, 15) is 19.5 Å². The minimum Gasteiger partial charge on any atom is -0.496 e. The lowest BCUT2D eigenvalue weighted by atomic mass is 9.95. The largest absolute Gasteiger partial charge is 0.496 e. The van der Waals surface area contributed by atoms with Gasteiger partial charge in [0.25, 0.3) is 5.56 Å². The van der Waals surface area contributed by atoms with E-state index in [4.69, 9.17) is 30.5 Å². The predicted octanol–water partition coefficient (Wildman–Crippen LogP) is 5.35. The third-order valence-electron chi connectivity index (χ3n) is 7.11. The molecule has 2 heterocycles. The highest BCUT2D eigenvalue weighted by atomic mass is 127. The van der Waals surface area contributed by atoms with Crippen molar-refractivity contribution in [2.24, 2.45) is 4.99 Å². The van der Waals surface area contributed by atoms with Crippen LogP contribution in [0, 0.1) is 3.57 Å². The topological polar surface area (TPSA) is 126 Å². The number of nitrogens with zero attached hydrogens (tertiary/aromatic N) is 2. The second-order valence-corrected chi connectivity index (χ2v) is 12.6. The molecule has 4 aromatic rings. The summed E-state index contributed by atoms with van der Waals surface area (Å²) in [7, 11) is 3.02. The van der Waals surface area contributed by atoms with E-state index in [0.29, 0.717) is 57.6 Å². The molecular weight excluding hydrogens is 747 g/mol. The van der Waals surface area contributed by atoms with Crippen molar-refractivity contribution in [3.8, 4) is 17.2 Å². The van der Waals surface area contributed by atoms with Crippen LogP contribution in [-0.2, 0) is 16.1 Å². The van der Waals surface area contributed by atoms with Gasteiger partial charge in [-0.05, 0) is 96.1 Å². The van der Waals surface area contributed by atoms with Gasteiger partial charge in [0.15, 0.2) is 16.3 Å². The van der Waals surface area contributed by atoms with Gasteiger partial charge in [-0.15, -0.1) is 0 Å². The fourth-order valence-electron chi connectivity index (χ4n) is 5.07. The Labute approximate surface area is 286 Å². The minimum atomic E-state index is -1.02. The van der Waals surface area contributed by atoms with Gasteiger partial charge in [-0.25, -0.2) is 14.6 Å². The monoisotopic (exact) mass is 774 g/mol. The molecular formula is C33H28ClIN2O8S. The summed E-state index contributed by atoms with van der Waals surface area (Å²) in [5.74, 6) is -0.249. The minimum absolute atomic E-state index is 0.126. The van der Waals surface area contributed by atoms with Crippen LogP contribution in [0.1, 0.15) is 46.9 Å². The van der Waals surface area contributed by atoms with Crippen LogP contribution in [-0.4, -0.2) is 42.4 Å². The molecule has 238 valence electrons. The second kappa shape index (κ2) is 14.1. The van der Waals surface area contributed by atoms with Crippen LogP contribution in [0.4, 0.5) is 0 Å². The second-order valence-electron chi connectivity index (χ2n) is 10.0. The molecule has 5 rings (SSSR count). The zero-order valence-electron chi connectivity index (χ0n) is 25.1. The van der Waals surface area contributed by atoms with Gasteiger partial charge in [0.1, 0.15) is 18.4 Å². The number of carbonyl (C=O) groups excluding carboxylic acids is 1. The first-order valence-corrected chi connectivity index (χ1v) is 16.2. The molecule has 0 radical (unpaired) electrons. The molecule has 0 aliphatic carbocycles. The molecule has 0 bridgehead atoms. The molecule has 0 unspecified atom stereocenters. The standard InChI is InChI=1S/C33H28ClIN2O8S/c1-5-44-32(41)27-17(2)36-33-37(28(27)22-15-21(34)9-10-24(22)42-3)30(38)26(46-33)14-19-12-23(35)29(25(13-19)43-4)45-16-18-7-6-8-20(11-18)31(39)40/h6-15,28H,5,16H2,1-4H3,(H,39,40)/b26-14+/t28-/m1/s1. The molecule has 0 saturated carbocycles. The summed E-state index contributed by atoms with van der Waals surface area (Å²) in [5, 5.41) is 9.71. The number of fused-ring (bicyclic) bond motifs is 1. The molecule has 46 heavy (non-hydrogen) atoms. The summed E-state index contributed by atoms with van der Waals surface area (Å²) >= 11 is 9.69. The Morgan fingerprint density at radius 3 is 2.57 bits per heavy atom. The molecule has 10 nitrogen and oxygen atoms in total. The van der Waals surface area contributed by atoms with Crippen LogP contribution in [0.2, 0.25) is 5.02 Å². The van der Waals surface area contributed by atoms with Gasteiger partial charge in [-0.1, -0.05) is 35.1 Å². The highest BCUT2D eigenvalue weighted by molar-refractivity contribution is 14.1. The van der Waals surface area contributed by atoms with Gasteiger partial charge in [0.05, 0.1) is 45.8 Å². The van der Waals surface area contributed by atoms with E-state index in [1.807, 2.05) is 6.07 Å². The van der Waals surface area contributed by atoms with Crippen molar-refractivity contribution in [3.05, 3.63) is 116 Å². The summed E-state index contributed by atoms with van der Waals surface area (Å²) in [6, 6.07) is 14.2. The van der Waals surface area contributed by atoms with Crippen LogP contribution in [0.15, 0.2) is 75.7 Å². The molecule has 0 fully saturated rings. The molecule has 13 heteroatoms. The zero-order chi connectivity index (χ0) is 33.1. The number of carbonyl (C=O) groups is 2. The van der Waals surface area contributed by atoms with Crippen molar-refractivity contribution in [1.29, 1.82) is 0 Å². The third kappa shape index (κ3) is 6.69. The number of benzene rings is 3. The van der Waals surface area contributed by atoms with Crippen molar-refractivity contribution in [2.45, 2.75) is 26.5 Å². The fourth-order valence-corrected chi connectivity index (χ4v) is 7.08. The predicted molar refractivity (Wildman–Crippen MR) is 182 cm³/mol. The number of rotatable bonds is 10. The number of aromatic carboxylic acids is 1. The highest BCUT2D eigenvalue weighted by Crippen LogP contribution is 2.38. The average Bonchev–Trinajstić information content (AvgIpc) is 3.33. The SMILES string of the molecule is CCOC(=O)C1=C(C)N=c2s/c(=C/c3cc(I)c(OCc4cccc(C(=O)O)c4)c(OC)c3)c(=O)n2[C@@H]1c1cc(Cl)ccc1OC. The summed E-state index contributed by atoms with van der Waals surface area (Å²) in [6.07, 6.45) is 1.73. The number of thiazole rings is 1. The van der Waals surface area contributed by atoms with Gasteiger partial charge >= 0.3 is 11.9 Å².